The van der Waals surface area contributed by atoms with E-state index in [1.165, 1.54) is 17.7 Å². The van der Waals surface area contributed by atoms with Crippen LogP contribution in [0.25, 0.3) is 0 Å². The van der Waals surface area contributed by atoms with Gasteiger partial charge in [0.05, 0.1) is 0 Å². The molecule has 0 spiro atoms. The van der Waals surface area contributed by atoms with Crippen LogP contribution in [0, 0.1) is 0 Å². The van der Waals surface area contributed by atoms with Gasteiger partial charge in [-0.15, -0.1) is 24.0 Å². The van der Waals surface area contributed by atoms with Crippen molar-refractivity contribution in [3.63, 3.8) is 0 Å². The maximum absolute atomic E-state index is 6.24. The summed E-state index contributed by atoms with van der Waals surface area (Å²) >= 11 is 8.13. The molecule has 0 saturated carbocycles. The Bertz CT molecular complexity index is 553. The van der Waals surface area contributed by atoms with Gasteiger partial charge >= 0.3 is 0 Å². The second-order valence-electron chi connectivity index (χ2n) is 6.46. The number of nitrogens with one attached hydrogen (secondary N) is 2. The first kappa shape index (κ1) is 23.9. The Kier molecular flexibility index (Phi) is 12.0. The van der Waals surface area contributed by atoms with Gasteiger partial charge in [-0.1, -0.05) is 23.7 Å². The van der Waals surface area contributed by atoms with Gasteiger partial charge in [-0.05, 0) is 55.4 Å². The molecule has 1 aromatic rings. The normalized spacial score (nSPS) is 16.7. The summed E-state index contributed by atoms with van der Waals surface area (Å²) in [6.45, 7) is 3.36. The van der Waals surface area contributed by atoms with Crippen molar-refractivity contribution in [1.29, 1.82) is 0 Å². The molecule has 0 bridgehead atoms. The summed E-state index contributed by atoms with van der Waals surface area (Å²) in [5.41, 5.74) is 1.32. The molecule has 2 rings (SSSR count). The lowest BCUT2D eigenvalue weighted by Gasteiger charge is -2.38. The number of hydrogen-bond acceptors (Lipinski definition) is 3. The van der Waals surface area contributed by atoms with Crippen molar-refractivity contribution in [2.75, 3.05) is 45.4 Å². The highest BCUT2D eigenvalue weighted by atomic mass is 127. The fourth-order valence-corrected chi connectivity index (χ4v) is 3.88. The number of nitrogens with zero attached hydrogens (tertiary/aromatic N) is 1. The molecule has 7 heteroatoms. The molecular weight excluding hydrogens is 481 g/mol. The number of rotatable bonds is 8. The second-order valence-corrected chi connectivity index (χ2v) is 7.88. The van der Waals surface area contributed by atoms with Gasteiger partial charge in [-0.2, -0.15) is 11.8 Å². The Morgan fingerprint density at radius 1 is 1.27 bits per heavy atom. The van der Waals surface area contributed by atoms with Gasteiger partial charge < -0.3 is 15.4 Å². The number of unbranched alkanes of at least 4 members (excludes halogenated alkanes) is 1. The molecule has 1 fully saturated rings. The molecule has 0 atom stereocenters. The van der Waals surface area contributed by atoms with Crippen molar-refractivity contribution in [2.45, 2.75) is 31.1 Å². The first-order valence-electron chi connectivity index (χ1n) is 8.97. The van der Waals surface area contributed by atoms with Crippen LogP contribution in [-0.2, 0) is 10.2 Å². The topological polar surface area (TPSA) is 45.7 Å². The minimum absolute atomic E-state index is 0. The lowest BCUT2D eigenvalue weighted by molar-refractivity contribution is 0.0514. The van der Waals surface area contributed by atoms with Crippen LogP contribution in [0.3, 0.4) is 0 Å². The van der Waals surface area contributed by atoms with Crippen LogP contribution < -0.4 is 10.6 Å². The van der Waals surface area contributed by atoms with E-state index < -0.39 is 0 Å². The van der Waals surface area contributed by atoms with Crippen LogP contribution in [0.5, 0.6) is 0 Å². The van der Waals surface area contributed by atoms with E-state index in [2.05, 4.69) is 34.0 Å². The summed E-state index contributed by atoms with van der Waals surface area (Å²) in [6, 6.07) is 8.24. The average molecular weight is 512 g/mol. The third kappa shape index (κ3) is 7.44. The summed E-state index contributed by atoms with van der Waals surface area (Å²) < 4.78 is 5.60. The van der Waals surface area contributed by atoms with E-state index in [-0.39, 0.29) is 29.4 Å². The SMILES string of the molecule is CN=C(NCCCCSC)NCC1(c2cccc(Cl)c2)CCOCC1.I. The summed E-state index contributed by atoms with van der Waals surface area (Å²) in [5, 5.41) is 7.74. The van der Waals surface area contributed by atoms with Gasteiger partial charge in [0.15, 0.2) is 5.96 Å². The Hall–Kier alpha value is -0.180. The molecule has 4 nitrogen and oxygen atoms in total. The van der Waals surface area contributed by atoms with Gasteiger partial charge in [0.1, 0.15) is 0 Å². The predicted octanol–water partition coefficient (Wildman–Crippen LogP) is 4.31. The highest BCUT2D eigenvalue weighted by Crippen LogP contribution is 2.35. The molecule has 0 aromatic heterocycles. The van der Waals surface area contributed by atoms with E-state index in [0.717, 1.165) is 56.5 Å². The van der Waals surface area contributed by atoms with E-state index in [9.17, 15) is 0 Å². The van der Waals surface area contributed by atoms with Gasteiger partial charge in [-0.3, -0.25) is 4.99 Å². The van der Waals surface area contributed by atoms with E-state index in [4.69, 9.17) is 16.3 Å². The van der Waals surface area contributed by atoms with Crippen molar-refractivity contribution >= 4 is 53.3 Å². The molecule has 2 N–H and O–H groups in total. The summed E-state index contributed by atoms with van der Waals surface area (Å²) in [4.78, 5) is 4.36. The molecule has 26 heavy (non-hydrogen) atoms. The molecule has 0 radical (unpaired) electrons. The fraction of sp³-hybridized carbons (Fsp3) is 0.632. The molecule has 1 aliphatic heterocycles. The number of aliphatic imine (C=N–C) groups is 1. The van der Waals surface area contributed by atoms with Crippen molar-refractivity contribution in [3.8, 4) is 0 Å². The zero-order valence-electron chi connectivity index (χ0n) is 15.7. The van der Waals surface area contributed by atoms with E-state index in [0.29, 0.717) is 0 Å². The highest BCUT2D eigenvalue weighted by Gasteiger charge is 2.34. The highest BCUT2D eigenvalue weighted by molar-refractivity contribution is 14.0. The van der Waals surface area contributed by atoms with Gasteiger partial charge in [0.2, 0.25) is 0 Å². The first-order chi connectivity index (χ1) is 12.2. The lowest BCUT2D eigenvalue weighted by Crippen LogP contribution is -2.48. The molecule has 0 unspecified atom stereocenters. The van der Waals surface area contributed by atoms with E-state index >= 15 is 0 Å². The number of ether oxygens (including phenoxy) is 1. The number of guanidine groups is 1. The number of thioether (sulfide) groups is 1. The quantitative estimate of drug-likeness (QED) is 0.236. The zero-order valence-corrected chi connectivity index (χ0v) is 19.6. The van der Waals surface area contributed by atoms with E-state index in [1.807, 2.05) is 30.9 Å². The van der Waals surface area contributed by atoms with Crippen molar-refractivity contribution in [1.82, 2.24) is 10.6 Å². The maximum Gasteiger partial charge on any atom is 0.191 e. The van der Waals surface area contributed by atoms with Crippen LogP contribution in [-0.4, -0.2) is 51.3 Å². The third-order valence-corrected chi connectivity index (χ3v) is 5.70. The minimum Gasteiger partial charge on any atom is -0.381 e. The number of benzene rings is 1. The van der Waals surface area contributed by atoms with Gasteiger partial charge in [-0.25, -0.2) is 0 Å². The van der Waals surface area contributed by atoms with Crippen molar-refractivity contribution in [3.05, 3.63) is 34.9 Å². The third-order valence-electron chi connectivity index (χ3n) is 4.77. The van der Waals surface area contributed by atoms with Gasteiger partial charge in [0, 0.05) is 43.8 Å². The van der Waals surface area contributed by atoms with Crippen LogP contribution >= 0.6 is 47.3 Å². The standard InChI is InChI=1S/C19H30ClN3OS.HI/c1-21-18(22-10-3-4-13-25-2)23-15-19(8-11-24-12-9-19)16-6-5-7-17(20)14-16;/h5-7,14H,3-4,8-13,15H2,1-2H3,(H2,21,22,23);1H. The van der Waals surface area contributed by atoms with Crippen molar-refractivity contribution < 1.29 is 4.74 Å². The van der Waals surface area contributed by atoms with Crippen LogP contribution in [0.1, 0.15) is 31.2 Å². The summed E-state index contributed by atoms with van der Waals surface area (Å²) in [5.74, 6) is 2.09. The Morgan fingerprint density at radius 3 is 2.69 bits per heavy atom. The molecule has 1 aliphatic rings. The Labute approximate surface area is 184 Å². The summed E-state index contributed by atoms with van der Waals surface area (Å²) in [6.07, 6.45) is 6.52. The molecule has 1 aromatic carbocycles. The molecule has 0 amide bonds. The maximum atomic E-state index is 6.24. The monoisotopic (exact) mass is 511 g/mol. The van der Waals surface area contributed by atoms with Crippen molar-refractivity contribution in [2.24, 2.45) is 4.99 Å². The van der Waals surface area contributed by atoms with Crippen LogP contribution in [0.4, 0.5) is 0 Å². The molecular formula is C19H31ClIN3OS. The molecule has 148 valence electrons. The largest absolute Gasteiger partial charge is 0.381 e. The zero-order chi connectivity index (χ0) is 18.0. The fourth-order valence-electron chi connectivity index (χ4n) is 3.20. The Morgan fingerprint density at radius 2 is 2.04 bits per heavy atom. The predicted molar refractivity (Wildman–Crippen MR) is 126 cm³/mol. The molecule has 1 heterocycles. The molecule has 1 saturated heterocycles. The van der Waals surface area contributed by atoms with Crippen LogP contribution in [0.15, 0.2) is 29.3 Å². The summed E-state index contributed by atoms with van der Waals surface area (Å²) in [7, 11) is 1.83. The smallest absolute Gasteiger partial charge is 0.191 e. The Balaban J connectivity index is 0.00000338. The average Bonchev–Trinajstić information content (AvgIpc) is 2.65. The van der Waals surface area contributed by atoms with Gasteiger partial charge in [0.25, 0.3) is 0 Å². The van der Waals surface area contributed by atoms with E-state index in [1.54, 1.807) is 0 Å². The second kappa shape index (κ2) is 13.1. The van der Waals surface area contributed by atoms with Crippen LogP contribution in [0.2, 0.25) is 5.02 Å². The lowest BCUT2D eigenvalue weighted by atomic mass is 9.74. The number of halogens is 2. The first-order valence-corrected chi connectivity index (χ1v) is 10.7. The molecule has 0 aliphatic carbocycles. The minimum atomic E-state index is 0. The number of hydrogen-bond donors (Lipinski definition) is 2.